The molecular formula is C18H19N3O3S. The summed E-state index contributed by atoms with van der Waals surface area (Å²) in [5.74, 6) is 1.10. The van der Waals surface area contributed by atoms with Gasteiger partial charge in [-0.25, -0.2) is 9.78 Å². The van der Waals surface area contributed by atoms with Crippen molar-refractivity contribution in [1.29, 1.82) is 0 Å². The van der Waals surface area contributed by atoms with Gasteiger partial charge in [0.05, 0.1) is 12.4 Å². The summed E-state index contributed by atoms with van der Waals surface area (Å²) in [5.41, 5.74) is 2.28. The first-order chi connectivity index (χ1) is 12.1. The molecule has 3 aromatic rings. The van der Waals surface area contributed by atoms with Crippen LogP contribution in [0.2, 0.25) is 0 Å². The average molecular weight is 357 g/mol. The lowest BCUT2D eigenvalue weighted by atomic mass is 10.1. The zero-order chi connectivity index (χ0) is 17.8. The molecule has 3 rings (SSSR count). The van der Waals surface area contributed by atoms with Gasteiger partial charge in [-0.15, -0.1) is 5.10 Å². The van der Waals surface area contributed by atoms with Crippen molar-refractivity contribution in [3.63, 3.8) is 0 Å². The minimum absolute atomic E-state index is 0.0375. The largest absolute Gasteiger partial charge is 0.463 e. The molecule has 130 valence electrons. The number of rotatable bonds is 6. The number of furan rings is 1. The molecule has 0 radical (unpaired) electrons. The van der Waals surface area contributed by atoms with Crippen molar-refractivity contribution >= 4 is 17.7 Å². The van der Waals surface area contributed by atoms with Gasteiger partial charge in [-0.2, -0.15) is 0 Å². The van der Waals surface area contributed by atoms with Crippen molar-refractivity contribution in [3.05, 3.63) is 53.5 Å². The zero-order valence-corrected chi connectivity index (χ0v) is 15.1. The third-order valence-electron chi connectivity index (χ3n) is 3.80. The van der Waals surface area contributed by atoms with Gasteiger partial charge in [-0.1, -0.05) is 43.0 Å². The maximum atomic E-state index is 11.5. The van der Waals surface area contributed by atoms with Gasteiger partial charge in [-0.3, -0.25) is 5.10 Å². The van der Waals surface area contributed by atoms with Crippen molar-refractivity contribution in [2.24, 2.45) is 0 Å². The second-order valence-electron chi connectivity index (χ2n) is 5.47. The molecule has 0 unspecified atom stereocenters. The number of carbonyl (C=O) groups excluding carboxylic acids is 1. The highest BCUT2D eigenvalue weighted by Gasteiger charge is 2.18. The molecule has 6 nitrogen and oxygen atoms in total. The smallest absolute Gasteiger partial charge is 0.373 e. The molecule has 25 heavy (non-hydrogen) atoms. The molecule has 7 heteroatoms. The number of H-pyrrole nitrogens is 1. The molecule has 0 saturated heterocycles. The first-order valence-corrected chi connectivity index (χ1v) is 8.85. The van der Waals surface area contributed by atoms with Crippen molar-refractivity contribution in [3.8, 4) is 11.4 Å². The normalized spacial score (nSPS) is 12.1. The maximum Gasteiger partial charge on any atom is 0.373 e. The Morgan fingerprint density at radius 3 is 2.72 bits per heavy atom. The van der Waals surface area contributed by atoms with E-state index in [0.717, 1.165) is 17.8 Å². The third-order valence-corrected chi connectivity index (χ3v) is 4.78. The molecule has 0 aliphatic rings. The van der Waals surface area contributed by atoms with Crippen molar-refractivity contribution in [1.82, 2.24) is 15.2 Å². The summed E-state index contributed by atoms with van der Waals surface area (Å²) in [6.45, 7) is 4.09. The summed E-state index contributed by atoms with van der Waals surface area (Å²) in [6, 6.07) is 11.6. The number of hydrogen-bond donors (Lipinski definition) is 1. The van der Waals surface area contributed by atoms with E-state index in [0.29, 0.717) is 10.9 Å². The number of methoxy groups -OCH3 is 1. The summed E-state index contributed by atoms with van der Waals surface area (Å²) in [4.78, 5) is 16.0. The fraction of sp³-hybridized carbons (Fsp3) is 0.278. The van der Waals surface area contributed by atoms with Crippen LogP contribution in [-0.4, -0.2) is 28.3 Å². The number of nitrogens with zero attached hydrogens (tertiary/aromatic N) is 2. The highest BCUT2D eigenvalue weighted by molar-refractivity contribution is 7.99. The van der Waals surface area contributed by atoms with Crippen molar-refractivity contribution in [2.75, 3.05) is 7.11 Å². The lowest BCUT2D eigenvalue weighted by Gasteiger charge is -2.04. The van der Waals surface area contributed by atoms with Crippen LogP contribution in [0.4, 0.5) is 0 Å². The second-order valence-corrected chi connectivity index (χ2v) is 6.78. The van der Waals surface area contributed by atoms with Crippen LogP contribution in [0.15, 0.2) is 46.0 Å². The summed E-state index contributed by atoms with van der Waals surface area (Å²) in [5, 5.41) is 7.80. The fourth-order valence-corrected chi connectivity index (χ4v) is 3.13. The topological polar surface area (TPSA) is 81.0 Å². The van der Waals surface area contributed by atoms with Crippen molar-refractivity contribution in [2.45, 2.75) is 30.7 Å². The number of carbonyl (C=O) groups is 1. The van der Waals surface area contributed by atoms with E-state index < -0.39 is 5.97 Å². The van der Waals surface area contributed by atoms with Gasteiger partial charge in [-0.05, 0) is 31.0 Å². The predicted molar refractivity (Wildman–Crippen MR) is 95.5 cm³/mol. The Hall–Kier alpha value is -2.54. The van der Waals surface area contributed by atoms with Crippen LogP contribution in [0.25, 0.3) is 11.4 Å². The van der Waals surface area contributed by atoms with E-state index >= 15 is 0 Å². The molecule has 1 atom stereocenters. The van der Waals surface area contributed by atoms with Crippen LogP contribution in [0.5, 0.6) is 0 Å². The first kappa shape index (κ1) is 17.3. The van der Waals surface area contributed by atoms with E-state index in [4.69, 9.17) is 4.42 Å². The first-order valence-electron chi connectivity index (χ1n) is 7.97. The summed E-state index contributed by atoms with van der Waals surface area (Å²) >= 11 is 1.45. The van der Waals surface area contributed by atoms with Crippen LogP contribution in [0.1, 0.15) is 41.0 Å². The standard InChI is InChI=1S/C18H19N3O3S/c1-4-12-5-7-13(8-6-12)16-19-18(21-20-16)25-11(2)14-9-10-15(24-14)17(22)23-3/h5-11H,4H2,1-3H3,(H,19,20,21)/t11-/m1/s1. The highest BCUT2D eigenvalue weighted by atomic mass is 32.2. The number of nitrogens with one attached hydrogen (secondary N) is 1. The minimum atomic E-state index is -0.487. The number of esters is 1. The minimum Gasteiger partial charge on any atom is -0.463 e. The van der Waals surface area contributed by atoms with Gasteiger partial charge >= 0.3 is 5.97 Å². The Kier molecular flexibility index (Phi) is 5.23. The van der Waals surface area contributed by atoms with Crippen LogP contribution >= 0.6 is 11.8 Å². The monoisotopic (exact) mass is 357 g/mol. The molecule has 0 fully saturated rings. The van der Waals surface area contributed by atoms with E-state index in [1.54, 1.807) is 12.1 Å². The van der Waals surface area contributed by atoms with Crippen LogP contribution in [0, 0.1) is 0 Å². The van der Waals surface area contributed by atoms with E-state index in [-0.39, 0.29) is 11.0 Å². The molecule has 0 bridgehead atoms. The number of aromatic nitrogens is 3. The van der Waals surface area contributed by atoms with Crippen LogP contribution < -0.4 is 0 Å². The van der Waals surface area contributed by atoms with Gasteiger partial charge < -0.3 is 9.15 Å². The average Bonchev–Trinajstić information content (AvgIpc) is 3.31. The molecule has 1 N–H and O–H groups in total. The number of hydrogen-bond acceptors (Lipinski definition) is 6. The maximum absolute atomic E-state index is 11.5. The van der Waals surface area contributed by atoms with Crippen molar-refractivity contribution < 1.29 is 13.9 Å². The molecular weight excluding hydrogens is 338 g/mol. The Bertz CT molecular complexity index is 855. The van der Waals surface area contributed by atoms with Gasteiger partial charge in [0.2, 0.25) is 10.9 Å². The Morgan fingerprint density at radius 1 is 1.28 bits per heavy atom. The lowest BCUT2D eigenvalue weighted by molar-refractivity contribution is 0.0563. The molecule has 0 aliphatic carbocycles. The van der Waals surface area contributed by atoms with Gasteiger partial charge in [0.25, 0.3) is 0 Å². The molecule has 0 amide bonds. The Labute approximate surface area is 150 Å². The van der Waals surface area contributed by atoms with E-state index in [2.05, 4.69) is 39.0 Å². The molecule has 1 aromatic carbocycles. The molecule has 2 aromatic heterocycles. The summed E-state index contributed by atoms with van der Waals surface area (Å²) in [6.07, 6.45) is 1.01. The lowest BCUT2D eigenvalue weighted by Crippen LogP contribution is -1.98. The molecule has 0 aliphatic heterocycles. The summed E-state index contributed by atoms with van der Waals surface area (Å²) < 4.78 is 10.2. The van der Waals surface area contributed by atoms with Gasteiger partial charge in [0.15, 0.2) is 5.82 Å². The number of benzene rings is 1. The SMILES string of the molecule is CCc1ccc(-c2nc(S[C@H](C)c3ccc(C(=O)OC)o3)n[nH]2)cc1. The Balaban J connectivity index is 1.69. The highest BCUT2D eigenvalue weighted by Crippen LogP contribution is 2.34. The van der Waals surface area contributed by atoms with E-state index in [1.807, 2.05) is 19.1 Å². The molecule has 2 heterocycles. The van der Waals surface area contributed by atoms with Crippen LogP contribution in [-0.2, 0) is 11.2 Å². The van der Waals surface area contributed by atoms with Gasteiger partial charge in [0.1, 0.15) is 5.76 Å². The number of thioether (sulfide) groups is 1. The molecule has 0 spiro atoms. The predicted octanol–water partition coefficient (Wildman–Crippen LogP) is 4.27. The number of ether oxygens (including phenoxy) is 1. The summed E-state index contributed by atoms with van der Waals surface area (Å²) in [7, 11) is 1.32. The van der Waals surface area contributed by atoms with E-state index in [1.165, 1.54) is 24.4 Å². The second kappa shape index (κ2) is 7.57. The number of aryl methyl sites for hydroxylation is 1. The Morgan fingerprint density at radius 2 is 2.04 bits per heavy atom. The quantitative estimate of drug-likeness (QED) is 0.524. The fourth-order valence-electron chi connectivity index (χ4n) is 2.32. The third kappa shape index (κ3) is 3.93. The van der Waals surface area contributed by atoms with Crippen LogP contribution in [0.3, 0.4) is 0 Å². The number of aromatic amines is 1. The molecule has 0 saturated carbocycles. The van der Waals surface area contributed by atoms with Gasteiger partial charge in [0, 0.05) is 5.56 Å². The van der Waals surface area contributed by atoms with E-state index in [9.17, 15) is 4.79 Å². The zero-order valence-electron chi connectivity index (χ0n) is 14.3.